The monoisotopic (exact) mass is 547 g/mol. The molecule has 2 heterocycles. The summed E-state index contributed by atoms with van der Waals surface area (Å²) in [5, 5.41) is 0. The highest BCUT2D eigenvalue weighted by molar-refractivity contribution is 7.89. The number of hydrogen-bond acceptors (Lipinski definition) is 5. The van der Waals surface area contributed by atoms with Crippen LogP contribution in [0.2, 0.25) is 0 Å². The van der Waals surface area contributed by atoms with E-state index in [4.69, 9.17) is 4.74 Å². The topological polar surface area (TPSA) is 70.2 Å². The zero-order valence-corrected chi connectivity index (χ0v) is 23.1. The molecule has 1 amide bonds. The van der Waals surface area contributed by atoms with Crippen LogP contribution in [0.25, 0.3) is 0 Å². The van der Waals surface area contributed by atoms with Crippen molar-refractivity contribution in [2.24, 2.45) is 0 Å². The Balaban J connectivity index is 1.21. The van der Waals surface area contributed by atoms with Crippen molar-refractivity contribution in [2.75, 3.05) is 44.3 Å². The lowest BCUT2D eigenvalue weighted by Crippen LogP contribution is -2.47. The summed E-state index contributed by atoms with van der Waals surface area (Å²) in [6.45, 7) is 4.43. The number of anilines is 1. The first kappa shape index (κ1) is 27.5. The number of sulfonamides is 1. The number of benzene rings is 3. The molecule has 0 atom stereocenters. The summed E-state index contributed by atoms with van der Waals surface area (Å²) in [6.07, 6.45) is 2.80. The van der Waals surface area contributed by atoms with E-state index >= 15 is 0 Å². The third-order valence-electron chi connectivity index (χ3n) is 7.63. The quantitative estimate of drug-likeness (QED) is 0.399. The smallest absolute Gasteiger partial charge is 0.243 e. The molecule has 2 aliphatic rings. The molecular weight excluding hydrogens is 510 g/mol. The molecule has 0 aromatic heterocycles. The van der Waals surface area contributed by atoms with E-state index in [0.717, 1.165) is 43.7 Å². The second kappa shape index (κ2) is 12.9. The number of ether oxygens (including phenoxy) is 1. The number of rotatable bonds is 9. The molecule has 2 saturated heterocycles. The van der Waals surface area contributed by atoms with Gasteiger partial charge in [0.1, 0.15) is 0 Å². The zero-order valence-electron chi connectivity index (χ0n) is 22.3. The van der Waals surface area contributed by atoms with E-state index in [1.54, 1.807) is 12.1 Å². The van der Waals surface area contributed by atoms with Crippen LogP contribution in [0.5, 0.6) is 0 Å². The molecular formula is C31H37N3O4S. The standard InChI is InChI=1S/C31H37N3O4S/c35-31(16-13-26-11-14-30(15-12-26)39(36,37)33-21-23-38-24-22-33)34(28-9-5-2-6-10-28)29-17-19-32(20-18-29)25-27-7-3-1-4-8-27/h1-12,14-15,29H,13,16-25H2. The summed E-state index contributed by atoms with van der Waals surface area (Å²) in [5.74, 6) is 0.104. The second-order valence-corrected chi connectivity index (χ2v) is 12.2. The van der Waals surface area contributed by atoms with Crippen LogP contribution in [-0.2, 0) is 32.5 Å². The van der Waals surface area contributed by atoms with Crippen molar-refractivity contribution in [2.45, 2.75) is 43.2 Å². The Kier molecular flexibility index (Phi) is 9.09. The molecule has 0 unspecified atom stereocenters. The van der Waals surface area contributed by atoms with Crippen molar-refractivity contribution in [3.05, 3.63) is 96.1 Å². The van der Waals surface area contributed by atoms with Gasteiger partial charge in [-0.3, -0.25) is 9.69 Å². The van der Waals surface area contributed by atoms with Gasteiger partial charge in [-0.1, -0.05) is 60.7 Å². The molecule has 8 heteroatoms. The van der Waals surface area contributed by atoms with Crippen molar-refractivity contribution in [3.63, 3.8) is 0 Å². The van der Waals surface area contributed by atoms with Gasteiger partial charge in [-0.25, -0.2) is 8.42 Å². The van der Waals surface area contributed by atoms with Crippen LogP contribution in [0.4, 0.5) is 5.69 Å². The van der Waals surface area contributed by atoms with E-state index in [1.165, 1.54) is 9.87 Å². The van der Waals surface area contributed by atoms with E-state index < -0.39 is 10.0 Å². The Morgan fingerprint density at radius 1 is 0.795 bits per heavy atom. The Morgan fingerprint density at radius 2 is 1.41 bits per heavy atom. The predicted octanol–water partition coefficient (Wildman–Crippen LogP) is 4.34. The van der Waals surface area contributed by atoms with Crippen molar-refractivity contribution >= 4 is 21.6 Å². The minimum Gasteiger partial charge on any atom is -0.379 e. The molecule has 0 aliphatic carbocycles. The zero-order chi connectivity index (χ0) is 27.1. The fourth-order valence-corrected chi connectivity index (χ4v) is 6.87. The van der Waals surface area contributed by atoms with Gasteiger partial charge in [0.05, 0.1) is 18.1 Å². The number of carbonyl (C=O) groups excluding carboxylic acids is 1. The fourth-order valence-electron chi connectivity index (χ4n) is 5.46. The van der Waals surface area contributed by atoms with Gasteiger partial charge in [0, 0.05) is 50.9 Å². The number of nitrogens with zero attached hydrogens (tertiary/aromatic N) is 3. The fraction of sp³-hybridized carbons (Fsp3) is 0.387. The molecule has 0 bridgehead atoms. The number of morpholine rings is 1. The summed E-state index contributed by atoms with van der Waals surface area (Å²) in [4.78, 5) is 18.4. The van der Waals surface area contributed by atoms with Crippen molar-refractivity contribution in [1.29, 1.82) is 0 Å². The number of likely N-dealkylation sites (tertiary alicyclic amines) is 1. The number of carbonyl (C=O) groups is 1. The van der Waals surface area contributed by atoms with Crippen LogP contribution in [-0.4, -0.2) is 69.0 Å². The third kappa shape index (κ3) is 6.94. The molecule has 0 saturated carbocycles. The van der Waals surface area contributed by atoms with E-state index in [0.29, 0.717) is 39.1 Å². The average molecular weight is 548 g/mol. The van der Waals surface area contributed by atoms with Crippen LogP contribution < -0.4 is 4.90 Å². The lowest BCUT2D eigenvalue weighted by Gasteiger charge is -2.38. The molecule has 7 nitrogen and oxygen atoms in total. The van der Waals surface area contributed by atoms with Gasteiger partial charge in [-0.2, -0.15) is 4.31 Å². The Morgan fingerprint density at radius 3 is 2.05 bits per heavy atom. The molecule has 5 rings (SSSR count). The first-order valence-electron chi connectivity index (χ1n) is 13.8. The molecule has 0 N–H and O–H groups in total. The van der Waals surface area contributed by atoms with Crippen molar-refractivity contribution in [3.8, 4) is 0 Å². The first-order chi connectivity index (χ1) is 19.0. The van der Waals surface area contributed by atoms with E-state index in [9.17, 15) is 13.2 Å². The van der Waals surface area contributed by atoms with Crippen LogP contribution in [0.1, 0.15) is 30.4 Å². The summed E-state index contributed by atoms with van der Waals surface area (Å²) in [7, 11) is -3.52. The highest BCUT2D eigenvalue weighted by atomic mass is 32.2. The summed E-state index contributed by atoms with van der Waals surface area (Å²) in [5.41, 5.74) is 3.21. The molecule has 0 radical (unpaired) electrons. The average Bonchev–Trinajstić information content (AvgIpc) is 2.99. The summed E-state index contributed by atoms with van der Waals surface area (Å²) < 4.78 is 32.6. The highest BCUT2D eigenvalue weighted by Gasteiger charge is 2.29. The predicted molar refractivity (Wildman–Crippen MR) is 153 cm³/mol. The lowest BCUT2D eigenvalue weighted by molar-refractivity contribution is -0.119. The van der Waals surface area contributed by atoms with E-state index in [2.05, 4.69) is 29.2 Å². The van der Waals surface area contributed by atoms with Crippen LogP contribution in [0.3, 0.4) is 0 Å². The number of aryl methyl sites for hydroxylation is 1. The van der Waals surface area contributed by atoms with Crippen LogP contribution in [0.15, 0.2) is 89.8 Å². The van der Waals surface area contributed by atoms with Crippen molar-refractivity contribution in [1.82, 2.24) is 9.21 Å². The number of amides is 1. The minimum absolute atomic E-state index is 0.104. The molecule has 39 heavy (non-hydrogen) atoms. The van der Waals surface area contributed by atoms with Gasteiger partial charge >= 0.3 is 0 Å². The molecule has 2 fully saturated rings. The molecule has 3 aromatic rings. The normalized spacial score (nSPS) is 17.6. The van der Waals surface area contributed by atoms with Gasteiger partial charge in [0.25, 0.3) is 0 Å². The summed E-state index contributed by atoms with van der Waals surface area (Å²) >= 11 is 0. The molecule has 3 aromatic carbocycles. The molecule has 2 aliphatic heterocycles. The summed E-state index contributed by atoms with van der Waals surface area (Å²) in [6, 6.07) is 27.6. The van der Waals surface area contributed by atoms with Gasteiger partial charge in [0.15, 0.2) is 0 Å². The number of piperidine rings is 1. The highest BCUT2D eigenvalue weighted by Crippen LogP contribution is 2.26. The maximum absolute atomic E-state index is 13.6. The Labute approximate surface area is 232 Å². The third-order valence-corrected chi connectivity index (χ3v) is 9.55. The largest absolute Gasteiger partial charge is 0.379 e. The minimum atomic E-state index is -3.52. The molecule has 206 valence electrons. The SMILES string of the molecule is O=C(CCc1ccc(S(=O)(=O)N2CCOCC2)cc1)N(c1ccccc1)C1CCN(Cc2ccccc2)CC1. The molecule has 0 spiro atoms. The van der Waals surface area contributed by atoms with Gasteiger partial charge in [-0.15, -0.1) is 0 Å². The Hall–Kier alpha value is -3.04. The maximum Gasteiger partial charge on any atom is 0.243 e. The second-order valence-electron chi connectivity index (χ2n) is 10.3. The van der Waals surface area contributed by atoms with Crippen LogP contribution >= 0.6 is 0 Å². The Bertz CT molecular complexity index is 1300. The number of para-hydroxylation sites is 1. The van der Waals surface area contributed by atoms with E-state index in [1.807, 2.05) is 53.4 Å². The van der Waals surface area contributed by atoms with Crippen molar-refractivity contribution < 1.29 is 17.9 Å². The lowest BCUT2D eigenvalue weighted by atomic mass is 10.00. The van der Waals surface area contributed by atoms with E-state index in [-0.39, 0.29) is 16.8 Å². The van der Waals surface area contributed by atoms with Gasteiger partial charge < -0.3 is 9.64 Å². The first-order valence-corrected chi connectivity index (χ1v) is 15.2. The van der Waals surface area contributed by atoms with Gasteiger partial charge in [-0.05, 0) is 54.7 Å². The van der Waals surface area contributed by atoms with Crippen LogP contribution in [0, 0.1) is 0 Å². The van der Waals surface area contributed by atoms with Gasteiger partial charge in [0.2, 0.25) is 15.9 Å². The maximum atomic E-state index is 13.6. The number of hydrogen-bond donors (Lipinski definition) is 0.